The summed E-state index contributed by atoms with van der Waals surface area (Å²) >= 11 is 0. The van der Waals surface area contributed by atoms with Crippen molar-refractivity contribution in [3.8, 4) is 12.3 Å². The molecule has 1 unspecified atom stereocenters. The van der Waals surface area contributed by atoms with Crippen molar-refractivity contribution in [2.45, 2.75) is 67.0 Å². The lowest BCUT2D eigenvalue weighted by Gasteiger charge is -2.16. The van der Waals surface area contributed by atoms with Crippen molar-refractivity contribution in [2.75, 3.05) is 6.61 Å². The van der Waals surface area contributed by atoms with Crippen molar-refractivity contribution in [2.24, 2.45) is 22.6 Å². The van der Waals surface area contributed by atoms with Crippen molar-refractivity contribution in [1.82, 2.24) is 14.9 Å². The van der Waals surface area contributed by atoms with Gasteiger partial charge in [-0.1, -0.05) is 38.0 Å². The normalized spacial score (nSPS) is 12.7. The maximum Gasteiger partial charge on any atom is 0.179 e. The number of ether oxygens (including phenoxy) is 1. The minimum absolute atomic E-state index is 0.0223. The van der Waals surface area contributed by atoms with Crippen LogP contribution < -0.4 is 11.1 Å². The Labute approximate surface area is 224 Å². The van der Waals surface area contributed by atoms with Gasteiger partial charge in [0.1, 0.15) is 5.84 Å². The molecule has 200 valence electrons. The Morgan fingerprint density at radius 3 is 2.54 bits per heavy atom. The number of terminal acetylenes is 1. The molecular weight excluding hydrogens is 458 g/mol. The van der Waals surface area contributed by atoms with Crippen LogP contribution in [-0.4, -0.2) is 22.0 Å². The molecule has 0 saturated carbocycles. The molecule has 0 radical (unpaired) electrons. The van der Waals surface area contributed by atoms with Gasteiger partial charge in [-0.3, -0.25) is 0 Å². The van der Waals surface area contributed by atoms with E-state index in [2.05, 4.69) is 84.1 Å². The van der Waals surface area contributed by atoms with Crippen LogP contribution >= 0.6 is 0 Å². The molecule has 0 fully saturated rings. The lowest BCUT2D eigenvalue weighted by Crippen LogP contribution is -2.17. The molecule has 6 heteroatoms. The number of nitrogens with zero attached hydrogens (tertiary/aromatic N) is 3. The predicted molar refractivity (Wildman–Crippen MR) is 159 cm³/mol. The zero-order valence-corrected chi connectivity index (χ0v) is 23.4. The van der Waals surface area contributed by atoms with E-state index in [-0.39, 0.29) is 5.92 Å². The second kappa shape index (κ2) is 16.1. The lowest BCUT2D eigenvalue weighted by molar-refractivity contribution is 0.185. The van der Waals surface area contributed by atoms with Crippen LogP contribution in [0.25, 0.3) is 11.0 Å². The number of nitrogens with two attached hydrogens (primary N) is 1. The number of aliphatic imine (C=N–C) groups is 1. The molecule has 3 N–H and O–H groups in total. The van der Waals surface area contributed by atoms with Crippen LogP contribution in [0.3, 0.4) is 0 Å². The fourth-order valence-corrected chi connectivity index (χ4v) is 3.83. The summed E-state index contributed by atoms with van der Waals surface area (Å²) in [6.45, 7) is 26.2. The molecule has 0 aliphatic carbocycles. The summed E-state index contributed by atoms with van der Waals surface area (Å²) < 4.78 is 7.97. The van der Waals surface area contributed by atoms with Crippen molar-refractivity contribution < 1.29 is 4.74 Å². The molecule has 1 heterocycles. The first-order valence-electron chi connectivity index (χ1n) is 12.7. The average Bonchev–Trinajstić information content (AvgIpc) is 3.26. The molecule has 0 aliphatic heterocycles. The summed E-state index contributed by atoms with van der Waals surface area (Å²) in [6, 6.07) is 6.36. The Bertz CT molecular complexity index is 1150. The smallest absolute Gasteiger partial charge is 0.179 e. The van der Waals surface area contributed by atoms with Gasteiger partial charge in [-0.05, 0) is 75.8 Å². The van der Waals surface area contributed by atoms with E-state index < -0.39 is 0 Å². The van der Waals surface area contributed by atoms with E-state index in [0.29, 0.717) is 36.5 Å². The number of aromatic nitrogens is 2. The number of rotatable bonds is 14. The third kappa shape index (κ3) is 10.4. The monoisotopic (exact) mass is 503 g/mol. The number of allylic oxidation sites excluding steroid dienone is 2. The van der Waals surface area contributed by atoms with Crippen molar-refractivity contribution in [3.05, 3.63) is 79.1 Å². The van der Waals surface area contributed by atoms with Crippen LogP contribution in [0.2, 0.25) is 0 Å². The summed E-state index contributed by atoms with van der Waals surface area (Å²) in [6.07, 6.45) is 10.4. The number of fused-ring (bicyclic) bond motifs is 1. The number of amidine groups is 1. The van der Waals surface area contributed by atoms with E-state index in [1.807, 2.05) is 27.1 Å². The third-order valence-corrected chi connectivity index (χ3v) is 5.91. The molecule has 6 nitrogen and oxygen atoms in total. The maximum absolute atomic E-state index is 6.06. The molecule has 0 aliphatic rings. The molecule has 37 heavy (non-hydrogen) atoms. The quantitative estimate of drug-likeness (QED) is 0.0749. The van der Waals surface area contributed by atoms with Crippen LogP contribution in [0.15, 0.2) is 78.6 Å². The van der Waals surface area contributed by atoms with Gasteiger partial charge >= 0.3 is 0 Å². The van der Waals surface area contributed by atoms with Gasteiger partial charge in [-0.15, -0.1) is 19.6 Å². The highest BCUT2D eigenvalue weighted by Gasteiger charge is 2.12. The molecule has 2 aromatic rings. The second-order valence-corrected chi connectivity index (χ2v) is 9.49. The molecule has 2 rings (SSSR count). The fourth-order valence-electron chi connectivity index (χ4n) is 3.83. The number of hydrogen-bond acceptors (Lipinski definition) is 4. The average molecular weight is 504 g/mol. The Morgan fingerprint density at radius 2 is 1.92 bits per heavy atom. The van der Waals surface area contributed by atoms with E-state index in [1.54, 1.807) is 0 Å². The standard InChI is InChI=1S/C29H41N5O.C2H4/c1-9-26(22(6)23(7)29(30)33-21(4)5)12-10-11-15-35-24(8)31-17-25-13-14-28-27(16-25)32-19-34(28)18-20(2)3;1-2/h1,13-14,16,19-20,26,31H,4,8,10-12,15,17-18H2,2-3,5-7H3,(H2,30,33);1-2H2/b23-22+;. The van der Waals surface area contributed by atoms with Crippen LogP contribution in [0.1, 0.15) is 59.4 Å². The molecule has 1 aromatic heterocycles. The van der Waals surface area contributed by atoms with Crippen molar-refractivity contribution in [3.63, 3.8) is 0 Å². The van der Waals surface area contributed by atoms with Gasteiger partial charge in [-0.2, -0.15) is 0 Å². The highest BCUT2D eigenvalue weighted by molar-refractivity contribution is 5.97. The maximum atomic E-state index is 6.06. The van der Waals surface area contributed by atoms with Gasteiger partial charge in [0.25, 0.3) is 0 Å². The van der Waals surface area contributed by atoms with Gasteiger partial charge in [0, 0.05) is 24.7 Å². The van der Waals surface area contributed by atoms with E-state index in [1.165, 1.54) is 0 Å². The molecule has 1 atom stereocenters. The molecule has 0 bridgehead atoms. The van der Waals surface area contributed by atoms with Crippen LogP contribution in [0.5, 0.6) is 0 Å². The summed E-state index contributed by atoms with van der Waals surface area (Å²) in [5.74, 6) is 4.53. The first-order valence-corrected chi connectivity index (χ1v) is 12.7. The van der Waals surface area contributed by atoms with E-state index in [0.717, 1.165) is 53.6 Å². The minimum atomic E-state index is 0.0223. The topological polar surface area (TPSA) is 77.5 Å². The summed E-state index contributed by atoms with van der Waals surface area (Å²) in [7, 11) is 0. The highest BCUT2D eigenvalue weighted by atomic mass is 16.5. The lowest BCUT2D eigenvalue weighted by atomic mass is 9.91. The third-order valence-electron chi connectivity index (χ3n) is 5.91. The number of benzene rings is 1. The first kappa shape index (κ1) is 31.3. The summed E-state index contributed by atoms with van der Waals surface area (Å²) in [5.41, 5.74) is 12.0. The summed E-state index contributed by atoms with van der Waals surface area (Å²) in [4.78, 5) is 8.78. The van der Waals surface area contributed by atoms with Crippen LogP contribution in [-0.2, 0) is 17.8 Å². The van der Waals surface area contributed by atoms with Gasteiger partial charge < -0.3 is 20.4 Å². The number of imidazole rings is 1. The molecular formula is C31H45N5O. The van der Waals surface area contributed by atoms with Crippen molar-refractivity contribution in [1.29, 1.82) is 0 Å². The SMILES string of the molecule is C#CC(CCCCOC(=C)NCc1ccc2c(c1)ncn2CC(C)C)/C(C)=C(\C)C(N)=NC(=C)C.C=C. The molecule has 1 aromatic carbocycles. The second-order valence-electron chi connectivity index (χ2n) is 9.49. The Morgan fingerprint density at radius 1 is 1.22 bits per heavy atom. The van der Waals surface area contributed by atoms with E-state index in [4.69, 9.17) is 16.9 Å². The predicted octanol–water partition coefficient (Wildman–Crippen LogP) is 6.72. The highest BCUT2D eigenvalue weighted by Crippen LogP contribution is 2.21. The van der Waals surface area contributed by atoms with Gasteiger partial charge in [0.2, 0.25) is 0 Å². The van der Waals surface area contributed by atoms with Gasteiger partial charge in [0.05, 0.1) is 24.0 Å². The fraction of sp³-hybridized carbons (Fsp3) is 0.419. The van der Waals surface area contributed by atoms with Crippen LogP contribution in [0.4, 0.5) is 0 Å². The largest absolute Gasteiger partial charge is 0.480 e. The van der Waals surface area contributed by atoms with Gasteiger partial charge in [0.15, 0.2) is 5.88 Å². The zero-order valence-electron chi connectivity index (χ0n) is 23.4. The Kier molecular flexibility index (Phi) is 13.6. The molecule has 0 saturated heterocycles. The number of nitrogens with one attached hydrogen (secondary N) is 1. The molecule has 0 amide bonds. The Hall–Kier alpha value is -3.72. The Balaban J connectivity index is 0.00000334. The minimum Gasteiger partial charge on any atom is -0.480 e. The number of hydrogen-bond donors (Lipinski definition) is 2. The van der Waals surface area contributed by atoms with Crippen molar-refractivity contribution >= 4 is 16.9 Å². The van der Waals surface area contributed by atoms with Crippen LogP contribution in [0, 0.1) is 24.2 Å². The number of unbranched alkanes of at least 4 members (excludes halogenated alkanes) is 1. The molecule has 0 spiro atoms. The van der Waals surface area contributed by atoms with Gasteiger partial charge in [-0.25, -0.2) is 9.98 Å². The van der Waals surface area contributed by atoms with E-state index >= 15 is 0 Å². The zero-order chi connectivity index (χ0) is 28.0. The first-order chi connectivity index (χ1) is 17.6. The summed E-state index contributed by atoms with van der Waals surface area (Å²) in [5, 5.41) is 3.25. The van der Waals surface area contributed by atoms with E-state index in [9.17, 15) is 0 Å².